The highest BCUT2D eigenvalue weighted by Crippen LogP contribution is 2.32. The van der Waals surface area contributed by atoms with Crippen molar-refractivity contribution in [3.63, 3.8) is 0 Å². The van der Waals surface area contributed by atoms with Gasteiger partial charge in [-0.05, 0) is 28.7 Å². The van der Waals surface area contributed by atoms with Crippen molar-refractivity contribution in [2.45, 2.75) is 63.3 Å². The van der Waals surface area contributed by atoms with Crippen LogP contribution < -0.4 is 0 Å². The minimum absolute atomic E-state index is 0.0492. The molecule has 4 aromatic rings. The van der Waals surface area contributed by atoms with Crippen LogP contribution in [-0.4, -0.2) is 37.1 Å². The molecule has 1 fully saturated rings. The van der Waals surface area contributed by atoms with Crippen LogP contribution in [0.3, 0.4) is 0 Å². The van der Waals surface area contributed by atoms with Gasteiger partial charge in [-0.3, -0.25) is 0 Å². The standard InChI is InChI=1S/C37H40O5/c1-2-15-33-35(39-25-30-18-9-4-10-19-30)37(41-27-32-22-13-6-14-23-32)36(40-26-31-20-11-5-12-21-31)34(42-33)28-38-24-29-16-7-3-8-17-29/h2-14,16-23,33-37H,1,15,24-28H2/t33?,34-,35+,36-,37-/m1/s1/i24D,25D,26D,27D/t24?,25?,26?,27?,33?,34-,35+,36-,37-. The molecule has 0 aliphatic carbocycles. The number of hydrogen-bond donors (Lipinski definition) is 0. The van der Waals surface area contributed by atoms with E-state index in [1.54, 1.807) is 18.2 Å². The van der Waals surface area contributed by atoms with E-state index in [2.05, 4.69) is 6.58 Å². The fraction of sp³-hybridized carbons (Fsp3) is 0.297. The van der Waals surface area contributed by atoms with Gasteiger partial charge in [-0.25, -0.2) is 0 Å². The Kier molecular flexibility index (Phi) is 9.61. The van der Waals surface area contributed by atoms with E-state index in [-0.39, 0.29) is 6.61 Å². The maximum Gasteiger partial charge on any atom is 0.115 e. The third-order valence-corrected chi connectivity index (χ3v) is 6.89. The average molecular weight is 569 g/mol. The van der Waals surface area contributed by atoms with E-state index in [1.165, 1.54) is 0 Å². The van der Waals surface area contributed by atoms with Crippen molar-refractivity contribution >= 4 is 0 Å². The molecule has 0 aromatic heterocycles. The van der Waals surface area contributed by atoms with Gasteiger partial charge in [0.05, 0.1) is 44.5 Å². The van der Waals surface area contributed by atoms with Crippen LogP contribution in [0.5, 0.6) is 0 Å². The second-order valence-corrected chi connectivity index (χ2v) is 9.99. The van der Waals surface area contributed by atoms with Crippen LogP contribution >= 0.6 is 0 Å². The SMILES string of the molecule is [2H]C(OC[C@H]1OC(CC=C)[C@H](OC([2H])c2ccccc2)[C@@H](OC([2H])c2ccccc2)[C@@H]1OC([2H])c1ccccc1)c1ccccc1. The van der Waals surface area contributed by atoms with Crippen molar-refractivity contribution in [2.24, 2.45) is 0 Å². The molecular weight excluding hydrogens is 524 g/mol. The van der Waals surface area contributed by atoms with E-state index in [4.69, 9.17) is 29.2 Å². The van der Waals surface area contributed by atoms with Crippen molar-refractivity contribution in [1.82, 2.24) is 0 Å². The van der Waals surface area contributed by atoms with Gasteiger partial charge in [0.2, 0.25) is 0 Å². The van der Waals surface area contributed by atoms with E-state index in [0.29, 0.717) is 28.7 Å². The Morgan fingerprint density at radius 1 is 0.548 bits per heavy atom. The first-order chi connectivity index (χ1) is 22.4. The number of ether oxygens (including phenoxy) is 5. The molecule has 0 N–H and O–H groups in total. The maximum atomic E-state index is 8.99. The van der Waals surface area contributed by atoms with Gasteiger partial charge in [0, 0.05) is 0 Å². The normalized spacial score (nSPS) is 26.4. The van der Waals surface area contributed by atoms with Crippen LogP contribution in [0, 0.1) is 0 Å². The minimum Gasteiger partial charge on any atom is -0.374 e. The lowest BCUT2D eigenvalue weighted by atomic mass is 9.92. The predicted molar refractivity (Wildman–Crippen MR) is 165 cm³/mol. The zero-order chi connectivity index (χ0) is 32.3. The van der Waals surface area contributed by atoms with Gasteiger partial charge in [0.15, 0.2) is 0 Å². The summed E-state index contributed by atoms with van der Waals surface area (Å²) in [6, 6.07) is 36.7. The molecule has 0 radical (unpaired) electrons. The van der Waals surface area contributed by atoms with E-state index >= 15 is 0 Å². The Balaban J connectivity index is 1.51. The van der Waals surface area contributed by atoms with Gasteiger partial charge in [0.25, 0.3) is 0 Å². The number of benzene rings is 4. The molecule has 5 unspecified atom stereocenters. The lowest BCUT2D eigenvalue weighted by molar-refractivity contribution is -0.271. The minimum atomic E-state index is -1.12. The molecular formula is C37H40O5. The molecule has 1 aliphatic rings. The Bertz CT molecular complexity index is 1450. The summed E-state index contributed by atoms with van der Waals surface area (Å²) >= 11 is 0. The van der Waals surface area contributed by atoms with Crippen molar-refractivity contribution < 1.29 is 29.2 Å². The molecule has 9 atom stereocenters. The van der Waals surface area contributed by atoms with Crippen molar-refractivity contribution in [2.75, 3.05) is 6.61 Å². The van der Waals surface area contributed by atoms with E-state index in [0.717, 1.165) is 0 Å². The molecule has 5 rings (SSSR count). The third kappa shape index (κ3) is 8.71. The zero-order valence-electron chi connectivity index (χ0n) is 27.5. The highest BCUT2D eigenvalue weighted by Gasteiger charge is 2.48. The Labute approximate surface area is 255 Å². The molecule has 218 valence electrons. The summed E-state index contributed by atoms with van der Waals surface area (Å²) in [6.07, 6.45) is -2.16. The van der Waals surface area contributed by atoms with E-state index in [9.17, 15) is 0 Å². The maximum absolute atomic E-state index is 8.99. The predicted octanol–water partition coefficient (Wildman–Crippen LogP) is 7.30. The van der Waals surface area contributed by atoms with E-state index < -0.39 is 56.9 Å². The Morgan fingerprint density at radius 3 is 1.36 bits per heavy atom. The van der Waals surface area contributed by atoms with E-state index in [1.807, 2.05) is 109 Å². The molecule has 1 heterocycles. The molecule has 42 heavy (non-hydrogen) atoms. The molecule has 5 nitrogen and oxygen atoms in total. The van der Waals surface area contributed by atoms with Gasteiger partial charge in [-0.2, -0.15) is 0 Å². The molecule has 0 spiro atoms. The molecule has 1 aliphatic heterocycles. The second kappa shape index (κ2) is 16.2. The molecule has 0 amide bonds. The van der Waals surface area contributed by atoms with Crippen LogP contribution in [-0.2, 0) is 50.0 Å². The topological polar surface area (TPSA) is 46.2 Å². The fourth-order valence-electron chi connectivity index (χ4n) is 4.80. The van der Waals surface area contributed by atoms with Crippen LogP contribution in [0.4, 0.5) is 0 Å². The third-order valence-electron chi connectivity index (χ3n) is 6.89. The average Bonchev–Trinajstić information content (AvgIpc) is 3.11. The van der Waals surface area contributed by atoms with Crippen molar-refractivity contribution in [1.29, 1.82) is 0 Å². The van der Waals surface area contributed by atoms with Crippen LogP contribution in [0.2, 0.25) is 0 Å². The summed E-state index contributed by atoms with van der Waals surface area (Å²) in [4.78, 5) is 0. The van der Waals surface area contributed by atoms with Crippen molar-refractivity contribution in [3.8, 4) is 0 Å². The van der Waals surface area contributed by atoms with Gasteiger partial charge < -0.3 is 23.7 Å². The molecule has 0 saturated carbocycles. The highest BCUT2D eigenvalue weighted by molar-refractivity contribution is 5.16. The van der Waals surface area contributed by atoms with Crippen molar-refractivity contribution in [3.05, 3.63) is 156 Å². The summed E-state index contributed by atoms with van der Waals surface area (Å²) < 4.78 is 67.5. The summed E-state index contributed by atoms with van der Waals surface area (Å²) in [5, 5.41) is 0. The summed E-state index contributed by atoms with van der Waals surface area (Å²) in [6.45, 7) is -0.440. The van der Waals surface area contributed by atoms with Gasteiger partial charge in [0.1, 0.15) is 24.4 Å². The summed E-state index contributed by atoms with van der Waals surface area (Å²) in [5.41, 5.74) is 2.59. The molecule has 0 bridgehead atoms. The Morgan fingerprint density at radius 2 is 0.929 bits per heavy atom. The van der Waals surface area contributed by atoms with Crippen LogP contribution in [0.25, 0.3) is 0 Å². The smallest absolute Gasteiger partial charge is 0.115 e. The lowest BCUT2D eigenvalue weighted by Crippen LogP contribution is -2.61. The van der Waals surface area contributed by atoms with Gasteiger partial charge >= 0.3 is 0 Å². The first-order valence-electron chi connectivity index (χ1n) is 16.5. The van der Waals surface area contributed by atoms with Crippen LogP contribution in [0.15, 0.2) is 134 Å². The number of hydrogen-bond acceptors (Lipinski definition) is 5. The molecule has 5 heteroatoms. The molecule has 1 saturated heterocycles. The first-order valence-corrected chi connectivity index (χ1v) is 14.2. The summed E-state index contributed by atoms with van der Waals surface area (Å²) in [5.74, 6) is 0. The quantitative estimate of drug-likeness (QED) is 0.141. The summed E-state index contributed by atoms with van der Waals surface area (Å²) in [7, 11) is 0. The first kappa shape index (κ1) is 25.0. The van der Waals surface area contributed by atoms with Crippen LogP contribution in [0.1, 0.15) is 34.2 Å². The van der Waals surface area contributed by atoms with Gasteiger partial charge in [-0.15, -0.1) is 6.58 Å². The zero-order valence-corrected chi connectivity index (χ0v) is 23.5. The second-order valence-electron chi connectivity index (χ2n) is 9.99. The Hall–Kier alpha value is -3.58. The fourth-order valence-corrected chi connectivity index (χ4v) is 4.80. The monoisotopic (exact) mass is 568 g/mol. The number of rotatable bonds is 15. The lowest BCUT2D eigenvalue weighted by Gasteiger charge is -2.46. The molecule has 4 aromatic carbocycles. The largest absolute Gasteiger partial charge is 0.374 e. The highest BCUT2D eigenvalue weighted by atomic mass is 16.6. The van der Waals surface area contributed by atoms with Gasteiger partial charge in [-0.1, -0.05) is 127 Å².